The summed E-state index contributed by atoms with van der Waals surface area (Å²) in [5.41, 5.74) is 0. The molecule has 0 bridgehead atoms. The van der Waals surface area contributed by atoms with E-state index in [9.17, 15) is 0 Å². The van der Waals surface area contributed by atoms with Gasteiger partial charge in [0, 0.05) is 0 Å². The second-order valence-electron chi connectivity index (χ2n) is 4.39. The lowest BCUT2D eigenvalue weighted by atomic mass is 10.1. The van der Waals surface area contributed by atoms with Crippen LogP contribution < -0.4 is 0 Å². The van der Waals surface area contributed by atoms with Crippen LogP contribution in [0.4, 0.5) is 0 Å². The summed E-state index contributed by atoms with van der Waals surface area (Å²) in [5.74, 6) is 0. The van der Waals surface area contributed by atoms with Crippen LogP contribution in [0.1, 0.15) is 51.4 Å². The van der Waals surface area contributed by atoms with Gasteiger partial charge in [0.1, 0.15) is 0 Å². The topological polar surface area (TPSA) is 12.5 Å². The summed E-state index contributed by atoms with van der Waals surface area (Å²) in [6, 6.07) is 0. The number of allylic oxidation sites excluding steroid dienone is 3. The van der Waals surface area contributed by atoms with Gasteiger partial charge in [0.2, 0.25) is 0 Å². The monoisotopic (exact) mass is 236 g/mol. The average Bonchev–Trinajstić information content (AvgIpc) is 3.15. The molecule has 1 rings (SSSR count). The lowest BCUT2D eigenvalue weighted by Crippen LogP contribution is -1.83. The molecule has 0 amide bonds. The van der Waals surface area contributed by atoms with Crippen molar-refractivity contribution in [1.82, 2.24) is 0 Å². The van der Waals surface area contributed by atoms with Gasteiger partial charge < -0.3 is 4.74 Å². The van der Waals surface area contributed by atoms with E-state index >= 15 is 0 Å². The van der Waals surface area contributed by atoms with E-state index in [0.29, 0.717) is 6.10 Å². The van der Waals surface area contributed by atoms with Crippen molar-refractivity contribution in [1.29, 1.82) is 0 Å². The molecule has 1 atom stereocenters. The minimum Gasteiger partial charge on any atom is -0.373 e. The Bertz CT molecular complexity index is 182. The van der Waals surface area contributed by atoms with E-state index in [2.05, 4.69) is 19.7 Å². The smallest absolute Gasteiger partial charge is 0.0810 e. The fraction of sp³-hybridized carbons (Fsp3) is 0.625. The second kappa shape index (κ2) is 13.2. The molecule has 0 spiro atoms. The summed E-state index contributed by atoms with van der Waals surface area (Å²) >= 11 is 0. The third-order valence-corrected chi connectivity index (χ3v) is 2.65. The van der Waals surface area contributed by atoms with E-state index in [4.69, 9.17) is 4.74 Å². The average molecular weight is 236 g/mol. The predicted octanol–water partition coefficient (Wildman–Crippen LogP) is 5.05. The Hall–Kier alpha value is -0.820. The van der Waals surface area contributed by atoms with Crippen molar-refractivity contribution < 1.29 is 4.74 Å². The van der Waals surface area contributed by atoms with Crippen LogP contribution in [0, 0.1) is 0 Å². The number of ether oxygens (including phenoxy) is 1. The van der Waals surface area contributed by atoms with Crippen LogP contribution in [0.3, 0.4) is 0 Å². The van der Waals surface area contributed by atoms with E-state index in [1.54, 1.807) is 0 Å². The highest BCUT2D eigenvalue weighted by molar-refractivity contribution is 4.71. The van der Waals surface area contributed by atoms with Crippen LogP contribution in [0.5, 0.6) is 0 Å². The third-order valence-electron chi connectivity index (χ3n) is 2.65. The molecule has 1 fully saturated rings. The molecule has 1 unspecified atom stereocenters. The van der Waals surface area contributed by atoms with Crippen LogP contribution in [-0.2, 0) is 4.74 Å². The highest BCUT2D eigenvalue weighted by Gasteiger charge is 2.20. The van der Waals surface area contributed by atoms with Crippen molar-refractivity contribution in [2.45, 2.75) is 57.5 Å². The Morgan fingerprint density at radius 3 is 1.59 bits per heavy atom. The fourth-order valence-electron chi connectivity index (χ4n) is 1.47. The summed E-state index contributed by atoms with van der Waals surface area (Å²) < 4.78 is 5.06. The summed E-state index contributed by atoms with van der Waals surface area (Å²) in [6.45, 7) is 11.9. The molecule has 1 aliphatic rings. The molecule has 1 nitrogen and oxygen atoms in total. The zero-order chi connectivity index (χ0) is 12.8. The molecule has 1 heteroatoms. The Balaban J connectivity index is 0.000000304. The molecule has 0 saturated carbocycles. The third kappa shape index (κ3) is 15.2. The molecule has 17 heavy (non-hydrogen) atoms. The van der Waals surface area contributed by atoms with Crippen LogP contribution in [0.25, 0.3) is 0 Å². The maximum absolute atomic E-state index is 5.06. The van der Waals surface area contributed by atoms with E-state index in [0.717, 1.165) is 25.9 Å². The van der Waals surface area contributed by atoms with Crippen molar-refractivity contribution >= 4 is 0 Å². The van der Waals surface area contributed by atoms with E-state index in [1.165, 1.54) is 32.1 Å². The number of epoxide rings is 1. The first-order valence-corrected chi connectivity index (χ1v) is 6.79. The molecule has 0 aliphatic carbocycles. The number of unbranched alkanes of at least 4 members (excludes halogenated alkanes) is 5. The van der Waals surface area contributed by atoms with Crippen molar-refractivity contribution in [3.05, 3.63) is 38.0 Å². The summed E-state index contributed by atoms with van der Waals surface area (Å²) in [7, 11) is 0. The van der Waals surface area contributed by atoms with Crippen molar-refractivity contribution in [3.63, 3.8) is 0 Å². The van der Waals surface area contributed by atoms with Gasteiger partial charge >= 0.3 is 0 Å². The van der Waals surface area contributed by atoms with Crippen molar-refractivity contribution in [2.75, 3.05) is 6.61 Å². The van der Waals surface area contributed by atoms with Gasteiger partial charge in [-0.1, -0.05) is 24.6 Å². The molecule has 1 saturated heterocycles. The van der Waals surface area contributed by atoms with Crippen LogP contribution in [0.15, 0.2) is 38.0 Å². The summed E-state index contributed by atoms with van der Waals surface area (Å²) in [4.78, 5) is 0. The molecule has 0 aromatic heterocycles. The highest BCUT2D eigenvalue weighted by atomic mass is 16.6. The quantitative estimate of drug-likeness (QED) is 0.294. The summed E-state index contributed by atoms with van der Waals surface area (Å²) in [5, 5.41) is 0. The van der Waals surface area contributed by atoms with Crippen molar-refractivity contribution in [3.8, 4) is 0 Å². The Morgan fingerprint density at radius 2 is 1.24 bits per heavy atom. The Labute approximate surface area is 107 Å². The van der Waals surface area contributed by atoms with Gasteiger partial charge in [0.25, 0.3) is 0 Å². The zero-order valence-corrected chi connectivity index (χ0v) is 11.2. The number of hydrogen-bond donors (Lipinski definition) is 0. The molecule has 0 aromatic rings. The number of rotatable bonds is 10. The SMILES string of the molecule is C=CCCCCC1CO1.C=CCCCCC=C. The van der Waals surface area contributed by atoms with Gasteiger partial charge in [0.05, 0.1) is 12.7 Å². The van der Waals surface area contributed by atoms with Gasteiger partial charge in [-0.3, -0.25) is 0 Å². The molecule has 1 aliphatic heterocycles. The molecule has 98 valence electrons. The molecular formula is C16H28O. The fourth-order valence-corrected chi connectivity index (χ4v) is 1.47. The van der Waals surface area contributed by atoms with Gasteiger partial charge in [-0.05, 0) is 44.9 Å². The minimum absolute atomic E-state index is 0.620. The largest absolute Gasteiger partial charge is 0.373 e. The maximum Gasteiger partial charge on any atom is 0.0810 e. The first-order valence-electron chi connectivity index (χ1n) is 6.79. The lowest BCUT2D eigenvalue weighted by Gasteiger charge is -1.91. The molecule has 0 aromatic carbocycles. The zero-order valence-electron chi connectivity index (χ0n) is 11.2. The van der Waals surface area contributed by atoms with E-state index in [1.807, 2.05) is 18.2 Å². The molecular weight excluding hydrogens is 208 g/mol. The Kier molecular flexibility index (Phi) is 12.6. The maximum atomic E-state index is 5.06. The number of hydrogen-bond acceptors (Lipinski definition) is 1. The van der Waals surface area contributed by atoms with Gasteiger partial charge in [0.15, 0.2) is 0 Å². The van der Waals surface area contributed by atoms with Gasteiger partial charge in [-0.15, -0.1) is 19.7 Å². The molecule has 1 heterocycles. The first kappa shape index (κ1) is 16.2. The first-order chi connectivity index (χ1) is 8.35. The molecule has 0 N–H and O–H groups in total. The predicted molar refractivity (Wildman–Crippen MR) is 77.3 cm³/mol. The second-order valence-corrected chi connectivity index (χ2v) is 4.39. The standard InChI is InChI=1S/C8H14O.C8H14/c1-2-3-4-5-6-8-7-9-8;1-3-5-7-8-6-4-2/h2,8H,1,3-7H2;3-4H,1-2,5-8H2. The van der Waals surface area contributed by atoms with Crippen LogP contribution in [-0.4, -0.2) is 12.7 Å². The lowest BCUT2D eigenvalue weighted by molar-refractivity contribution is 0.390. The van der Waals surface area contributed by atoms with E-state index in [-0.39, 0.29) is 0 Å². The minimum atomic E-state index is 0.620. The van der Waals surface area contributed by atoms with Gasteiger partial charge in [-0.2, -0.15) is 0 Å². The Morgan fingerprint density at radius 1 is 0.824 bits per heavy atom. The van der Waals surface area contributed by atoms with Gasteiger partial charge in [-0.25, -0.2) is 0 Å². The van der Waals surface area contributed by atoms with Crippen LogP contribution in [0.2, 0.25) is 0 Å². The van der Waals surface area contributed by atoms with Crippen LogP contribution >= 0.6 is 0 Å². The normalized spacial score (nSPS) is 16.6. The van der Waals surface area contributed by atoms with E-state index < -0.39 is 0 Å². The summed E-state index contributed by atoms with van der Waals surface area (Å²) in [6.07, 6.45) is 16.3. The highest BCUT2D eigenvalue weighted by Crippen LogP contribution is 2.16. The van der Waals surface area contributed by atoms with Crippen molar-refractivity contribution in [2.24, 2.45) is 0 Å². The molecule has 0 radical (unpaired) electrons.